The van der Waals surface area contributed by atoms with Crippen molar-refractivity contribution in [1.29, 1.82) is 0 Å². The van der Waals surface area contributed by atoms with Crippen LogP contribution in [-0.4, -0.2) is 40.8 Å². The number of aliphatic hydroxyl groups is 1. The molecule has 0 amide bonds. The molecular weight excluding hydrogens is 332 g/mol. The van der Waals surface area contributed by atoms with Gasteiger partial charge in [-0.3, -0.25) is 9.59 Å². The number of carbonyl (C=O) groups excluding carboxylic acids is 2. The number of rotatable bonds is 3. The van der Waals surface area contributed by atoms with E-state index in [0.717, 1.165) is 19.3 Å². The molecular formula is C21H34O5. The summed E-state index contributed by atoms with van der Waals surface area (Å²) < 4.78 is 11.5. The van der Waals surface area contributed by atoms with Crippen LogP contribution in [0.5, 0.6) is 0 Å². The number of fused-ring (bicyclic) bond motifs is 3. The Labute approximate surface area is 156 Å². The van der Waals surface area contributed by atoms with Crippen LogP contribution >= 0.6 is 0 Å². The molecule has 3 aliphatic carbocycles. The van der Waals surface area contributed by atoms with E-state index in [9.17, 15) is 14.7 Å². The van der Waals surface area contributed by atoms with Crippen LogP contribution < -0.4 is 0 Å². The van der Waals surface area contributed by atoms with Crippen molar-refractivity contribution in [2.75, 3.05) is 6.61 Å². The predicted octanol–water partition coefficient (Wildman–Crippen LogP) is 3.27. The van der Waals surface area contributed by atoms with Crippen LogP contribution in [0.4, 0.5) is 0 Å². The third-order valence-electron chi connectivity index (χ3n) is 7.02. The summed E-state index contributed by atoms with van der Waals surface area (Å²) in [5.74, 6) is -1.07. The highest BCUT2D eigenvalue weighted by atomic mass is 16.5. The highest BCUT2D eigenvalue weighted by Crippen LogP contribution is 2.61. The van der Waals surface area contributed by atoms with Gasteiger partial charge in [0.1, 0.15) is 11.7 Å². The van der Waals surface area contributed by atoms with E-state index in [1.165, 1.54) is 0 Å². The molecule has 0 spiro atoms. The van der Waals surface area contributed by atoms with Crippen LogP contribution in [0, 0.1) is 23.2 Å². The van der Waals surface area contributed by atoms with Gasteiger partial charge in [-0.05, 0) is 77.0 Å². The molecule has 3 fully saturated rings. The average Bonchev–Trinajstić information content (AvgIpc) is 2.82. The Balaban J connectivity index is 1.84. The summed E-state index contributed by atoms with van der Waals surface area (Å²) in [6, 6.07) is 0. The maximum atomic E-state index is 12.5. The van der Waals surface area contributed by atoms with E-state index in [-0.39, 0.29) is 47.8 Å². The van der Waals surface area contributed by atoms with E-state index in [1.807, 2.05) is 0 Å². The summed E-state index contributed by atoms with van der Waals surface area (Å²) in [6.07, 6.45) is 4.08. The minimum Gasteiger partial charge on any atom is -0.465 e. The maximum Gasteiger partial charge on any atom is 0.316 e. The summed E-state index contributed by atoms with van der Waals surface area (Å²) in [7, 11) is 0. The Morgan fingerprint density at radius 2 is 1.92 bits per heavy atom. The van der Waals surface area contributed by atoms with Crippen molar-refractivity contribution >= 4 is 11.8 Å². The smallest absolute Gasteiger partial charge is 0.316 e. The minimum atomic E-state index is -0.971. The summed E-state index contributed by atoms with van der Waals surface area (Å²) in [5, 5.41) is 11.3. The molecule has 0 radical (unpaired) electrons. The number of carbonyl (C=O) groups is 2. The largest absolute Gasteiger partial charge is 0.465 e. The van der Waals surface area contributed by atoms with Crippen LogP contribution in [0.3, 0.4) is 0 Å². The summed E-state index contributed by atoms with van der Waals surface area (Å²) in [5.41, 5.74) is -1.18. The van der Waals surface area contributed by atoms with Gasteiger partial charge in [-0.2, -0.15) is 0 Å². The molecule has 5 heteroatoms. The molecule has 148 valence electrons. The zero-order chi connectivity index (χ0) is 19.3. The first kappa shape index (κ1) is 19.8. The minimum absolute atomic E-state index is 0.0101. The molecule has 26 heavy (non-hydrogen) atoms. The molecule has 2 unspecified atom stereocenters. The molecule has 3 rings (SSSR count). The lowest BCUT2D eigenvalue weighted by atomic mass is 9.53. The summed E-state index contributed by atoms with van der Waals surface area (Å²) >= 11 is 0. The van der Waals surface area contributed by atoms with Gasteiger partial charge in [0.2, 0.25) is 0 Å². The lowest BCUT2D eigenvalue weighted by Gasteiger charge is -2.55. The van der Waals surface area contributed by atoms with Gasteiger partial charge in [0, 0.05) is 6.42 Å². The zero-order valence-electron chi connectivity index (χ0n) is 16.8. The molecule has 3 saturated carbocycles. The Kier molecular flexibility index (Phi) is 5.02. The van der Waals surface area contributed by atoms with Gasteiger partial charge in [-0.1, -0.05) is 6.92 Å². The van der Waals surface area contributed by atoms with Crippen molar-refractivity contribution in [3.63, 3.8) is 0 Å². The van der Waals surface area contributed by atoms with Gasteiger partial charge < -0.3 is 14.6 Å². The lowest BCUT2D eigenvalue weighted by Crippen LogP contribution is -2.58. The average molecular weight is 366 g/mol. The van der Waals surface area contributed by atoms with E-state index in [1.54, 1.807) is 6.92 Å². The van der Waals surface area contributed by atoms with Crippen molar-refractivity contribution in [3.05, 3.63) is 0 Å². The van der Waals surface area contributed by atoms with Crippen LogP contribution in [0.25, 0.3) is 0 Å². The zero-order valence-corrected chi connectivity index (χ0v) is 16.8. The summed E-state index contributed by atoms with van der Waals surface area (Å²) in [6.45, 7) is 10.6. The molecule has 1 N–H and O–H groups in total. The van der Waals surface area contributed by atoms with E-state index in [2.05, 4.69) is 27.7 Å². The van der Waals surface area contributed by atoms with E-state index < -0.39 is 17.5 Å². The molecule has 0 aromatic heterocycles. The fourth-order valence-electron chi connectivity index (χ4n) is 5.79. The van der Waals surface area contributed by atoms with Crippen LogP contribution in [0.1, 0.15) is 73.1 Å². The first-order valence-electron chi connectivity index (χ1n) is 10.1. The normalized spacial score (nSPS) is 42.9. The van der Waals surface area contributed by atoms with Crippen molar-refractivity contribution in [2.24, 2.45) is 23.2 Å². The Morgan fingerprint density at radius 1 is 1.23 bits per heavy atom. The molecule has 0 bridgehead atoms. The second-order valence-corrected chi connectivity index (χ2v) is 9.80. The Morgan fingerprint density at radius 3 is 2.54 bits per heavy atom. The monoisotopic (exact) mass is 366 g/mol. The number of Topliss-reactive ketones (excluding diaryl/α,β-unsaturated/α-hetero) is 1. The van der Waals surface area contributed by atoms with Crippen LogP contribution in [-0.2, 0) is 19.1 Å². The first-order chi connectivity index (χ1) is 12.0. The number of esters is 1. The second-order valence-electron chi connectivity index (χ2n) is 9.80. The maximum absolute atomic E-state index is 12.5. The highest BCUT2D eigenvalue weighted by molar-refractivity contribution is 6.00. The number of hydrogen-bond donors (Lipinski definition) is 1. The van der Waals surface area contributed by atoms with Crippen molar-refractivity contribution < 1.29 is 24.2 Å². The molecule has 6 atom stereocenters. The van der Waals surface area contributed by atoms with Gasteiger partial charge >= 0.3 is 5.97 Å². The molecule has 0 saturated heterocycles. The summed E-state index contributed by atoms with van der Waals surface area (Å²) in [4.78, 5) is 24.8. The van der Waals surface area contributed by atoms with Gasteiger partial charge in [-0.25, -0.2) is 0 Å². The number of hydrogen-bond acceptors (Lipinski definition) is 5. The standard InChI is InChI=1S/C21H34O5/c1-6-25-18(23)13-11-15-14-7-8-17(26-19(2,3)4)20(14,5)9-10-21(15,24)12-16(13)22/h13-15,17,24H,6-12H2,1-5H3/t13?,14-,15-,17-,20-,21?/m0/s1. The number of ketones is 1. The van der Waals surface area contributed by atoms with Crippen LogP contribution in [0.2, 0.25) is 0 Å². The van der Waals surface area contributed by atoms with Crippen molar-refractivity contribution in [2.45, 2.75) is 90.4 Å². The Bertz CT molecular complexity index is 579. The van der Waals surface area contributed by atoms with Gasteiger partial charge in [0.15, 0.2) is 0 Å². The molecule has 0 aromatic rings. The van der Waals surface area contributed by atoms with Gasteiger partial charge in [-0.15, -0.1) is 0 Å². The van der Waals surface area contributed by atoms with Crippen LogP contribution in [0.15, 0.2) is 0 Å². The first-order valence-corrected chi connectivity index (χ1v) is 10.1. The quantitative estimate of drug-likeness (QED) is 0.613. The number of ether oxygens (including phenoxy) is 2. The van der Waals surface area contributed by atoms with E-state index >= 15 is 0 Å². The topological polar surface area (TPSA) is 72.8 Å². The van der Waals surface area contributed by atoms with Crippen molar-refractivity contribution in [3.8, 4) is 0 Å². The SMILES string of the molecule is CCOC(=O)C1C[C@H]2[C@@H]3CC[C@H](OC(C)(C)C)[C@@]3(C)CCC2(O)CC1=O. The molecule has 0 aliphatic heterocycles. The Hall–Kier alpha value is -0.940. The highest BCUT2D eigenvalue weighted by Gasteiger charge is 2.62. The van der Waals surface area contributed by atoms with E-state index in [0.29, 0.717) is 12.8 Å². The molecule has 3 aliphatic rings. The van der Waals surface area contributed by atoms with Gasteiger partial charge in [0.25, 0.3) is 0 Å². The van der Waals surface area contributed by atoms with Crippen molar-refractivity contribution in [1.82, 2.24) is 0 Å². The molecule has 0 aromatic carbocycles. The third-order valence-corrected chi connectivity index (χ3v) is 7.02. The second kappa shape index (κ2) is 6.59. The third kappa shape index (κ3) is 3.33. The molecule has 5 nitrogen and oxygen atoms in total. The fraction of sp³-hybridized carbons (Fsp3) is 0.905. The molecule has 0 heterocycles. The predicted molar refractivity (Wildman–Crippen MR) is 97.5 cm³/mol. The van der Waals surface area contributed by atoms with Gasteiger partial charge in [0.05, 0.1) is 23.9 Å². The lowest BCUT2D eigenvalue weighted by molar-refractivity contribution is -0.185. The fourth-order valence-corrected chi connectivity index (χ4v) is 5.79. The van der Waals surface area contributed by atoms with E-state index in [4.69, 9.17) is 9.47 Å².